The van der Waals surface area contributed by atoms with E-state index in [4.69, 9.17) is 5.73 Å². The first-order valence-electron chi connectivity index (χ1n) is 20.0. The van der Waals surface area contributed by atoms with E-state index < -0.39 is 86.2 Å². The number of ketones is 2. The first-order chi connectivity index (χ1) is 27.4. The number of nitrogens with zero attached hydrogens (tertiary/aromatic N) is 3. The van der Waals surface area contributed by atoms with Crippen LogP contribution in [0.3, 0.4) is 0 Å². The zero-order valence-corrected chi connectivity index (χ0v) is 34.9. The van der Waals surface area contributed by atoms with Crippen molar-refractivity contribution >= 4 is 43.0 Å². The van der Waals surface area contributed by atoms with Gasteiger partial charge in [0.1, 0.15) is 12.1 Å². The molecular weight excluding hydrogens is 771 g/mol. The molecule has 322 valence electrons. The quantitative estimate of drug-likeness (QED) is 0.0590. The summed E-state index contributed by atoms with van der Waals surface area (Å²) in [6, 6.07) is 6.97. The summed E-state index contributed by atoms with van der Waals surface area (Å²) in [4.78, 5) is 104. The molecule has 1 aliphatic rings. The summed E-state index contributed by atoms with van der Waals surface area (Å²) in [5, 5.41) is 15.5. The smallest absolute Gasteiger partial charge is 0.394 e. The maximum Gasteiger partial charge on any atom is 0.469 e. The number of nitrogens with two attached hydrogens (primary N) is 1. The molecule has 0 bridgehead atoms. The number of unbranched alkanes of at least 4 members (excludes halogenated alkanes) is 3. The summed E-state index contributed by atoms with van der Waals surface area (Å²) in [5.41, 5.74) is 7.34. The number of aliphatic hydroxyl groups is 1. The zero-order valence-electron chi connectivity index (χ0n) is 34.0. The van der Waals surface area contributed by atoms with E-state index in [0.29, 0.717) is 31.6 Å². The Morgan fingerprint density at radius 1 is 0.966 bits per heavy atom. The van der Waals surface area contributed by atoms with Crippen molar-refractivity contribution in [2.45, 2.75) is 129 Å². The van der Waals surface area contributed by atoms with Crippen LogP contribution < -0.4 is 16.4 Å². The molecule has 58 heavy (non-hydrogen) atoms. The molecule has 0 saturated carbocycles. The van der Waals surface area contributed by atoms with Crippen molar-refractivity contribution in [2.75, 3.05) is 13.2 Å². The van der Waals surface area contributed by atoms with Gasteiger partial charge in [-0.15, -0.1) is 0 Å². The van der Waals surface area contributed by atoms with Crippen molar-refractivity contribution in [1.82, 2.24) is 25.1 Å². The van der Waals surface area contributed by atoms with Gasteiger partial charge in [-0.2, -0.15) is 0 Å². The zero-order chi connectivity index (χ0) is 43.0. The van der Waals surface area contributed by atoms with Gasteiger partial charge in [-0.05, 0) is 56.9 Å². The number of hydrogen-bond acceptors (Lipinski definition) is 10. The molecule has 3 rings (SSSR count). The number of Topliss-reactive ketones (excluding diaryl/α,β-unsaturated/α-hetero) is 2. The van der Waals surface area contributed by atoms with E-state index in [1.165, 1.54) is 17.4 Å². The molecule has 6 atom stereocenters. The maximum absolute atomic E-state index is 14.1. The number of likely N-dealkylation sites (tertiary alicyclic amines) is 1. The van der Waals surface area contributed by atoms with Gasteiger partial charge in [0.15, 0.2) is 11.6 Å². The number of aliphatic hydroxyl groups excluding tert-OH is 1. The van der Waals surface area contributed by atoms with Gasteiger partial charge in [0.2, 0.25) is 23.6 Å². The molecule has 0 radical (unpaired) electrons. The van der Waals surface area contributed by atoms with Crippen LogP contribution in [0.4, 0.5) is 0 Å². The number of imidazole rings is 1. The Bertz CT molecular complexity index is 1730. The molecule has 4 amide bonds. The second-order valence-electron chi connectivity index (χ2n) is 15.6. The lowest BCUT2D eigenvalue weighted by molar-refractivity contribution is -0.138. The van der Waals surface area contributed by atoms with Crippen LogP contribution in [0.15, 0.2) is 42.9 Å². The standard InChI is InChI=1S/C40H61N6O11P/c1-26(2)19-33(43-40(53)35-16-12-18-46(35)28(4)48)36(49)21-30(20-31-23-42-25-45(31)17-11-6-5-8-13-29-14-9-7-10-15-29)39(52)44-34(24-47)37(50)22-32(38(41)51)27(3)57-58(54,55)56/h7,9-10,14-15,23,25-27,30,32-35,47H,5-6,8,11-13,16-22,24H2,1-4H3,(H2,41,51)(H,43,53)(H,44,52)(H2,54,55,56)/t27-,30-,32+,33+,34+,35+/m1/s1. The molecule has 0 unspecified atom stereocenters. The van der Waals surface area contributed by atoms with Crippen molar-refractivity contribution in [1.29, 1.82) is 0 Å². The van der Waals surface area contributed by atoms with Gasteiger partial charge in [0.25, 0.3) is 0 Å². The van der Waals surface area contributed by atoms with E-state index in [2.05, 4.69) is 32.3 Å². The second kappa shape index (κ2) is 23.3. The largest absolute Gasteiger partial charge is 0.469 e. The number of carbonyl (C=O) groups is 6. The minimum atomic E-state index is -5.06. The summed E-state index contributed by atoms with van der Waals surface area (Å²) >= 11 is 0. The number of rotatable bonds is 26. The van der Waals surface area contributed by atoms with E-state index in [1.807, 2.05) is 36.6 Å². The summed E-state index contributed by atoms with van der Waals surface area (Å²) in [5.74, 6) is -6.50. The predicted octanol–water partition coefficient (Wildman–Crippen LogP) is 2.38. The molecule has 1 aromatic heterocycles. The third-order valence-corrected chi connectivity index (χ3v) is 11.1. The minimum absolute atomic E-state index is 0.0120. The Labute approximate surface area is 340 Å². The SMILES string of the molecule is CC(=O)N1CCC[C@H]1C(=O)N[C@@H](CC(C)C)C(=O)C[C@@H](Cc1cncn1CCCCCCc1ccccc1)C(=O)N[C@@H](CO)C(=O)C[C@H](C(N)=O)[C@@H](C)OP(=O)(O)O. The Morgan fingerprint density at radius 3 is 2.26 bits per heavy atom. The summed E-state index contributed by atoms with van der Waals surface area (Å²) in [6.45, 7) is 6.45. The number of carbonyl (C=O) groups excluding carboxylic acids is 6. The van der Waals surface area contributed by atoms with Crippen molar-refractivity contribution in [3.05, 3.63) is 54.1 Å². The fraction of sp³-hybridized carbons (Fsp3) is 0.625. The summed E-state index contributed by atoms with van der Waals surface area (Å²) < 4.78 is 17.9. The average Bonchev–Trinajstić information content (AvgIpc) is 3.83. The lowest BCUT2D eigenvalue weighted by Crippen LogP contribution is -2.52. The van der Waals surface area contributed by atoms with Gasteiger partial charge in [-0.1, -0.05) is 57.0 Å². The Morgan fingerprint density at radius 2 is 1.64 bits per heavy atom. The van der Waals surface area contributed by atoms with E-state index in [1.54, 1.807) is 12.5 Å². The molecule has 1 fully saturated rings. The highest BCUT2D eigenvalue weighted by atomic mass is 31.2. The monoisotopic (exact) mass is 832 g/mol. The number of benzene rings is 1. The van der Waals surface area contributed by atoms with Gasteiger partial charge in [0.05, 0.1) is 36.9 Å². The molecule has 1 aromatic carbocycles. The van der Waals surface area contributed by atoms with Crippen LogP contribution in [-0.2, 0) is 57.2 Å². The number of phosphoric acid groups is 1. The number of amides is 4. The molecule has 17 nitrogen and oxygen atoms in total. The highest BCUT2D eigenvalue weighted by Crippen LogP contribution is 2.39. The lowest BCUT2D eigenvalue weighted by atomic mass is 9.89. The molecule has 1 saturated heterocycles. The van der Waals surface area contributed by atoms with E-state index in [-0.39, 0.29) is 31.1 Å². The van der Waals surface area contributed by atoms with E-state index >= 15 is 0 Å². The molecular formula is C40H61N6O11P. The van der Waals surface area contributed by atoms with Crippen LogP contribution in [0.2, 0.25) is 0 Å². The number of phosphoric ester groups is 1. The van der Waals surface area contributed by atoms with Crippen molar-refractivity contribution < 1.29 is 52.7 Å². The first-order valence-corrected chi connectivity index (χ1v) is 21.5. The maximum atomic E-state index is 14.1. The lowest BCUT2D eigenvalue weighted by Gasteiger charge is -2.27. The molecule has 18 heteroatoms. The topological polar surface area (TPSA) is 261 Å². The molecule has 1 aliphatic heterocycles. The van der Waals surface area contributed by atoms with Gasteiger partial charge in [0, 0.05) is 51.2 Å². The molecule has 7 N–H and O–H groups in total. The number of aryl methyl sites for hydroxylation is 2. The van der Waals surface area contributed by atoms with Gasteiger partial charge >= 0.3 is 7.82 Å². The van der Waals surface area contributed by atoms with Crippen LogP contribution >= 0.6 is 7.82 Å². The third kappa shape index (κ3) is 15.8. The average molecular weight is 833 g/mol. The Kier molecular flexibility index (Phi) is 19.4. The Balaban J connectivity index is 1.80. The predicted molar refractivity (Wildman–Crippen MR) is 213 cm³/mol. The number of aromatic nitrogens is 2. The van der Waals surface area contributed by atoms with Gasteiger partial charge < -0.3 is 40.7 Å². The van der Waals surface area contributed by atoms with Crippen LogP contribution in [0.25, 0.3) is 0 Å². The fourth-order valence-corrected chi connectivity index (χ4v) is 7.90. The van der Waals surface area contributed by atoms with Crippen molar-refractivity contribution in [3.8, 4) is 0 Å². The summed E-state index contributed by atoms with van der Waals surface area (Å²) in [7, 11) is -5.06. The van der Waals surface area contributed by atoms with Crippen molar-refractivity contribution in [2.24, 2.45) is 23.5 Å². The first kappa shape index (κ1) is 48.1. The molecule has 0 aliphatic carbocycles. The minimum Gasteiger partial charge on any atom is -0.394 e. The molecule has 2 aromatic rings. The van der Waals surface area contributed by atoms with Crippen LogP contribution in [0.1, 0.15) is 96.7 Å². The highest BCUT2D eigenvalue weighted by molar-refractivity contribution is 7.46. The van der Waals surface area contributed by atoms with Crippen molar-refractivity contribution in [3.63, 3.8) is 0 Å². The Hall–Kier alpha value is -4.28. The van der Waals surface area contributed by atoms with Gasteiger partial charge in [-0.25, -0.2) is 9.55 Å². The molecule has 2 heterocycles. The normalized spacial score (nSPS) is 17.0. The van der Waals surface area contributed by atoms with E-state index in [9.17, 15) is 48.2 Å². The van der Waals surface area contributed by atoms with Gasteiger partial charge in [-0.3, -0.25) is 33.3 Å². The fourth-order valence-electron chi connectivity index (χ4n) is 7.31. The third-order valence-electron chi connectivity index (χ3n) is 10.4. The van der Waals surface area contributed by atoms with Crippen LogP contribution in [0.5, 0.6) is 0 Å². The molecule has 0 spiro atoms. The number of primary amides is 1. The van der Waals surface area contributed by atoms with E-state index in [0.717, 1.165) is 39.0 Å². The number of nitrogens with one attached hydrogen (secondary N) is 2. The highest BCUT2D eigenvalue weighted by Gasteiger charge is 2.37. The van der Waals surface area contributed by atoms with Crippen LogP contribution in [-0.4, -0.2) is 102 Å². The van der Waals surface area contributed by atoms with Crippen LogP contribution in [0, 0.1) is 17.8 Å². The number of hydrogen-bond donors (Lipinski definition) is 6. The summed E-state index contributed by atoms with van der Waals surface area (Å²) in [6.07, 6.45) is 6.87. The second-order valence-corrected chi connectivity index (χ2v) is 16.8.